The molecule has 0 amide bonds. The number of rotatable bonds is 14. The van der Waals surface area contributed by atoms with Gasteiger partial charge in [0.25, 0.3) is 0 Å². The molecule has 124 heavy (non-hydrogen) atoms. The van der Waals surface area contributed by atoms with Crippen LogP contribution in [-0.4, -0.2) is 43.2 Å². The van der Waals surface area contributed by atoms with E-state index >= 15 is 0 Å². The van der Waals surface area contributed by atoms with Crippen LogP contribution < -0.4 is 0 Å². The average molecular weight is 1580 g/mol. The molecule has 6 aromatic heterocycles. The van der Waals surface area contributed by atoms with Crippen molar-refractivity contribution in [3.05, 3.63) is 455 Å². The third-order valence-electron chi connectivity index (χ3n) is 24.1. The summed E-state index contributed by atoms with van der Waals surface area (Å²) in [5.74, 6) is 2.46. The summed E-state index contributed by atoms with van der Waals surface area (Å²) in [5.41, 5.74) is 30.9. The molecule has 0 spiro atoms. The number of fused-ring (bicyclic) bond motifs is 12. The molecule has 9 nitrogen and oxygen atoms in total. The van der Waals surface area contributed by atoms with E-state index in [9.17, 15) is 0 Å². The summed E-state index contributed by atoms with van der Waals surface area (Å²) < 4.78 is 9.21. The molecule has 0 fully saturated rings. The standard InChI is InChI=1S/C58H38N4.C57H37N5/c1-6-16-39(17-7-1)43-26-30-54-48(34-43)49-36-45(28-31-55(49)61(54)47-24-14-5-15-25-47)46-29-33-57-51(37-46)50-35-44(40-18-8-2-9-19-40)27-32-56(50)62(57)58-59-52(41-20-10-3-11-21-41)38-53(60-58)42-22-12-4-13-23-42;1-6-16-38(17-7-1)42-26-30-51-47(34-42)48-36-44(28-31-52(48)61(51)46-24-14-5-15-25-46)45-29-33-54-50(37-45)49-35-43(39-18-8-2-9-19-39)27-32-53(49)62(54)57-59-55(40-20-10-3-11-21-40)58-56(60-57)41-22-12-4-13-23-41/h1-38H;1-37H. The number of hydrogen-bond donors (Lipinski definition) is 0. The molecular formula is C115H75N9. The van der Waals surface area contributed by atoms with E-state index in [0.29, 0.717) is 23.5 Å². The predicted octanol–water partition coefficient (Wildman–Crippen LogP) is 29.4. The van der Waals surface area contributed by atoms with Gasteiger partial charge in [0.2, 0.25) is 11.9 Å². The lowest BCUT2D eigenvalue weighted by atomic mass is 9.98. The third-order valence-corrected chi connectivity index (χ3v) is 24.1. The molecular weight excluding hydrogens is 1510 g/mol. The smallest absolute Gasteiger partial charge is 0.238 e. The second kappa shape index (κ2) is 30.9. The molecule has 0 saturated carbocycles. The summed E-state index contributed by atoms with van der Waals surface area (Å²) in [6.07, 6.45) is 0. The molecule has 9 heteroatoms. The molecule has 18 aromatic carbocycles. The Kier molecular flexibility index (Phi) is 18.0. The van der Waals surface area contributed by atoms with Crippen molar-refractivity contribution in [2.75, 3.05) is 0 Å². The van der Waals surface area contributed by atoms with Crippen molar-refractivity contribution in [2.24, 2.45) is 0 Å². The summed E-state index contributed by atoms with van der Waals surface area (Å²) in [5, 5.41) is 9.40. The summed E-state index contributed by atoms with van der Waals surface area (Å²) in [4.78, 5) is 26.0. The van der Waals surface area contributed by atoms with Crippen LogP contribution in [0.3, 0.4) is 0 Å². The van der Waals surface area contributed by atoms with E-state index in [2.05, 4.69) is 425 Å². The Bertz CT molecular complexity index is 7560. The van der Waals surface area contributed by atoms with Crippen molar-refractivity contribution in [2.45, 2.75) is 0 Å². The minimum atomic E-state index is 0.572. The SMILES string of the molecule is c1ccc(-c2ccc3c(c2)c2cc(-c4ccc5c(c4)c4cc(-c6ccccc6)ccc4n5-c4nc(-c5ccccc5)cc(-c5ccccc5)n4)ccc2n3-c2ccccc2)cc1.c1ccc(-c2ccc3c(c2)c2cc(-c4ccc5c(c4)c4cc(-c6ccccc6)ccc4n5-c4nc(-c5ccccc5)nc(-c5ccccc5)n4)ccc2n3-c2ccccc2)cc1. The van der Waals surface area contributed by atoms with Crippen LogP contribution in [0.5, 0.6) is 0 Å². The second-order valence-electron chi connectivity index (χ2n) is 31.5. The largest absolute Gasteiger partial charge is 0.309 e. The molecule has 0 atom stereocenters. The molecule has 0 aliphatic heterocycles. The van der Waals surface area contributed by atoms with Gasteiger partial charge in [-0.3, -0.25) is 9.13 Å². The predicted molar refractivity (Wildman–Crippen MR) is 514 cm³/mol. The van der Waals surface area contributed by atoms with Crippen LogP contribution in [0.2, 0.25) is 0 Å². The Morgan fingerprint density at radius 3 is 0.548 bits per heavy atom. The zero-order chi connectivity index (χ0) is 82.0. The van der Waals surface area contributed by atoms with Crippen LogP contribution >= 0.6 is 0 Å². The fourth-order valence-electron chi connectivity index (χ4n) is 18.1. The first-order valence-electron chi connectivity index (χ1n) is 42.0. The highest BCUT2D eigenvalue weighted by Crippen LogP contribution is 2.45. The van der Waals surface area contributed by atoms with Crippen molar-refractivity contribution < 1.29 is 0 Å². The number of hydrogen-bond acceptors (Lipinski definition) is 5. The van der Waals surface area contributed by atoms with Gasteiger partial charge in [0.05, 0.1) is 55.5 Å². The van der Waals surface area contributed by atoms with E-state index in [1.54, 1.807) is 0 Å². The Morgan fingerprint density at radius 2 is 0.315 bits per heavy atom. The fourth-order valence-corrected chi connectivity index (χ4v) is 18.1. The fraction of sp³-hybridized carbons (Fsp3) is 0. The van der Waals surface area contributed by atoms with Crippen LogP contribution in [-0.2, 0) is 0 Å². The highest BCUT2D eigenvalue weighted by atomic mass is 15.2. The molecule has 0 radical (unpaired) electrons. The monoisotopic (exact) mass is 1580 g/mol. The van der Waals surface area contributed by atoms with Gasteiger partial charge in [-0.1, -0.05) is 328 Å². The lowest BCUT2D eigenvalue weighted by Gasteiger charge is -2.12. The first kappa shape index (κ1) is 72.5. The Balaban J connectivity index is 0.000000143. The molecule has 0 unspecified atom stereocenters. The van der Waals surface area contributed by atoms with Crippen LogP contribution in [0.25, 0.3) is 223 Å². The van der Waals surface area contributed by atoms with Crippen molar-refractivity contribution in [3.8, 4) is 135 Å². The summed E-state index contributed by atoms with van der Waals surface area (Å²) in [6, 6.07) is 162. The van der Waals surface area contributed by atoms with Gasteiger partial charge in [-0.05, 0) is 194 Å². The van der Waals surface area contributed by atoms with E-state index in [1.165, 1.54) is 77.0 Å². The van der Waals surface area contributed by atoms with E-state index in [1.807, 2.05) is 48.5 Å². The Morgan fingerprint density at radius 1 is 0.129 bits per heavy atom. The van der Waals surface area contributed by atoms with Crippen LogP contribution in [0.15, 0.2) is 455 Å². The van der Waals surface area contributed by atoms with Gasteiger partial charge in [-0.2, -0.15) is 9.97 Å². The average Bonchev–Trinajstić information content (AvgIpc) is 1.58. The van der Waals surface area contributed by atoms with Gasteiger partial charge in [-0.15, -0.1) is 0 Å². The molecule has 0 aliphatic rings. The summed E-state index contributed by atoms with van der Waals surface area (Å²) in [7, 11) is 0. The second-order valence-corrected chi connectivity index (χ2v) is 31.5. The summed E-state index contributed by atoms with van der Waals surface area (Å²) in [6.45, 7) is 0. The minimum Gasteiger partial charge on any atom is -0.309 e. The first-order chi connectivity index (χ1) is 61.5. The van der Waals surface area contributed by atoms with Gasteiger partial charge in [-0.25, -0.2) is 15.0 Å². The van der Waals surface area contributed by atoms with Crippen LogP contribution in [0, 0.1) is 0 Å². The van der Waals surface area contributed by atoms with Gasteiger partial charge in [0, 0.05) is 76.7 Å². The zero-order valence-corrected chi connectivity index (χ0v) is 67.3. The van der Waals surface area contributed by atoms with Crippen molar-refractivity contribution in [1.29, 1.82) is 0 Å². The van der Waals surface area contributed by atoms with E-state index in [4.69, 9.17) is 24.9 Å². The Labute approximate surface area is 716 Å². The maximum atomic E-state index is 5.30. The highest BCUT2D eigenvalue weighted by molar-refractivity contribution is 6.16. The number of nitrogens with zero attached hydrogens (tertiary/aromatic N) is 9. The first-order valence-corrected chi connectivity index (χ1v) is 42.0. The van der Waals surface area contributed by atoms with Gasteiger partial charge in [0.1, 0.15) is 0 Å². The number of aromatic nitrogens is 9. The topological polar surface area (TPSA) is 84.2 Å². The van der Waals surface area contributed by atoms with E-state index in [0.717, 1.165) is 122 Å². The normalized spacial score (nSPS) is 11.5. The quantitative estimate of drug-likeness (QED) is 0.108. The van der Waals surface area contributed by atoms with Crippen molar-refractivity contribution in [3.63, 3.8) is 0 Å². The van der Waals surface area contributed by atoms with Crippen molar-refractivity contribution in [1.82, 2.24) is 43.2 Å². The zero-order valence-electron chi connectivity index (χ0n) is 67.3. The van der Waals surface area contributed by atoms with Crippen LogP contribution in [0.4, 0.5) is 0 Å². The van der Waals surface area contributed by atoms with E-state index in [-0.39, 0.29) is 0 Å². The lowest BCUT2D eigenvalue weighted by molar-refractivity contribution is 0.953. The molecule has 0 saturated heterocycles. The number of para-hydroxylation sites is 2. The van der Waals surface area contributed by atoms with Crippen molar-refractivity contribution >= 4 is 87.2 Å². The van der Waals surface area contributed by atoms with Gasteiger partial charge < -0.3 is 9.13 Å². The molecule has 6 heterocycles. The molecule has 24 rings (SSSR count). The molecule has 580 valence electrons. The van der Waals surface area contributed by atoms with Crippen LogP contribution in [0.1, 0.15) is 0 Å². The van der Waals surface area contributed by atoms with Gasteiger partial charge in [0.15, 0.2) is 11.6 Å². The number of benzene rings is 18. The maximum absolute atomic E-state index is 5.30. The minimum absolute atomic E-state index is 0.572. The molecule has 0 N–H and O–H groups in total. The molecule has 24 aromatic rings. The summed E-state index contributed by atoms with van der Waals surface area (Å²) >= 11 is 0. The Hall–Kier alpha value is -16.8. The third kappa shape index (κ3) is 13.1. The maximum Gasteiger partial charge on any atom is 0.238 e. The van der Waals surface area contributed by atoms with E-state index < -0.39 is 0 Å². The molecule has 0 aliphatic carbocycles. The lowest BCUT2D eigenvalue weighted by Crippen LogP contribution is -2.06. The molecule has 0 bridgehead atoms. The van der Waals surface area contributed by atoms with Gasteiger partial charge >= 0.3 is 0 Å². The highest BCUT2D eigenvalue weighted by Gasteiger charge is 2.25.